The summed E-state index contributed by atoms with van der Waals surface area (Å²) in [6.45, 7) is 3.76. The molecule has 5 heteroatoms. The fourth-order valence-corrected chi connectivity index (χ4v) is 4.20. The quantitative estimate of drug-likeness (QED) is 0.0446. The van der Waals surface area contributed by atoms with Gasteiger partial charge in [-0.2, -0.15) is 0 Å². The Morgan fingerprint density at radius 1 is 0.460 bits per heavy atom. The lowest BCUT2D eigenvalue weighted by molar-refractivity contribution is -0.161. The van der Waals surface area contributed by atoms with E-state index in [-0.39, 0.29) is 32.0 Å². The van der Waals surface area contributed by atoms with Gasteiger partial charge in [-0.05, 0) is 89.9 Å². The summed E-state index contributed by atoms with van der Waals surface area (Å²) in [5.41, 5.74) is 0. The summed E-state index contributed by atoms with van der Waals surface area (Å²) in [6.07, 6.45) is 59.5. The van der Waals surface area contributed by atoms with Crippen LogP contribution in [0.25, 0.3) is 0 Å². The van der Waals surface area contributed by atoms with Gasteiger partial charge in [0.2, 0.25) is 0 Å². The van der Waals surface area contributed by atoms with Gasteiger partial charge < -0.3 is 14.6 Å². The molecule has 0 aliphatic heterocycles. The summed E-state index contributed by atoms with van der Waals surface area (Å²) in [4.78, 5) is 24.2. The van der Waals surface area contributed by atoms with Gasteiger partial charge in [-0.25, -0.2) is 0 Å². The average Bonchev–Trinajstić information content (AvgIpc) is 3.12. The number of rotatable bonds is 31. The lowest BCUT2D eigenvalue weighted by atomic mass is 10.2. The molecule has 0 aliphatic rings. The Kier molecular flexibility index (Phi) is 36.4. The zero-order chi connectivity index (χ0) is 36.4. The summed E-state index contributed by atoms with van der Waals surface area (Å²) in [5.74, 6) is -0.775. The van der Waals surface area contributed by atoms with E-state index in [0.717, 1.165) is 77.0 Å². The predicted octanol–water partition coefficient (Wildman–Crippen LogP) is 11.8. The molecule has 0 spiro atoms. The van der Waals surface area contributed by atoms with Gasteiger partial charge in [0.15, 0.2) is 6.10 Å². The Balaban J connectivity index is 3.86. The molecule has 0 radical (unpaired) electrons. The molecule has 0 aliphatic carbocycles. The van der Waals surface area contributed by atoms with Crippen LogP contribution in [0.2, 0.25) is 0 Å². The van der Waals surface area contributed by atoms with Crippen molar-refractivity contribution in [3.8, 4) is 0 Å². The van der Waals surface area contributed by atoms with Crippen molar-refractivity contribution in [1.29, 1.82) is 0 Å². The number of esters is 2. The Morgan fingerprint density at radius 2 is 0.800 bits per heavy atom. The molecule has 50 heavy (non-hydrogen) atoms. The Morgan fingerprint density at radius 3 is 1.16 bits per heavy atom. The fraction of sp³-hybridized carbons (Fsp3) is 0.467. The summed E-state index contributed by atoms with van der Waals surface area (Å²) in [5, 5.41) is 9.53. The summed E-state index contributed by atoms with van der Waals surface area (Å²) >= 11 is 0. The van der Waals surface area contributed by atoms with Crippen molar-refractivity contribution in [2.24, 2.45) is 0 Å². The molecule has 0 bridgehead atoms. The highest BCUT2D eigenvalue weighted by Crippen LogP contribution is 2.05. The predicted molar refractivity (Wildman–Crippen MR) is 214 cm³/mol. The second-order valence-electron chi connectivity index (χ2n) is 11.5. The first-order valence-electron chi connectivity index (χ1n) is 18.7. The minimum Gasteiger partial charge on any atom is -0.462 e. The van der Waals surface area contributed by atoms with Crippen molar-refractivity contribution in [2.45, 2.75) is 123 Å². The lowest BCUT2D eigenvalue weighted by Crippen LogP contribution is -2.28. The van der Waals surface area contributed by atoms with Crippen molar-refractivity contribution >= 4 is 11.9 Å². The largest absolute Gasteiger partial charge is 0.462 e. The van der Waals surface area contributed by atoms with Gasteiger partial charge in [0.05, 0.1) is 6.61 Å². The van der Waals surface area contributed by atoms with Crippen molar-refractivity contribution < 1.29 is 24.2 Å². The van der Waals surface area contributed by atoms with Crippen LogP contribution >= 0.6 is 0 Å². The summed E-state index contributed by atoms with van der Waals surface area (Å²) < 4.78 is 10.5. The monoisotopic (exact) mass is 686 g/mol. The number of hydrogen-bond acceptors (Lipinski definition) is 5. The van der Waals surface area contributed by atoms with E-state index in [9.17, 15) is 14.7 Å². The second-order valence-corrected chi connectivity index (χ2v) is 11.5. The Hall–Kier alpha value is -3.96. The minimum atomic E-state index is -0.842. The number of allylic oxidation sites excluding steroid dienone is 22. The smallest absolute Gasteiger partial charge is 0.306 e. The highest BCUT2D eigenvalue weighted by Gasteiger charge is 2.15. The van der Waals surface area contributed by atoms with E-state index in [2.05, 4.69) is 135 Å². The number of unbranched alkanes of at least 4 members (excludes halogenated alkanes) is 1. The van der Waals surface area contributed by atoms with E-state index in [1.165, 1.54) is 0 Å². The molecule has 0 saturated heterocycles. The number of carbonyl (C=O) groups is 2. The standard InChI is InChI=1S/C45H66O5/c1-3-5-7-9-11-13-15-17-19-21-22-24-25-27-29-31-33-35-37-39-44(47)49-42-43(41-46)50-45(48)40-38-36-34-32-30-28-26-23-20-18-16-14-12-10-8-6-4-2/h5-8,11-14,17-20,22,24,26-29,32-35,43,46H,3-4,9-10,15-16,21,23,25,30-31,36-42H2,1-2H3. The van der Waals surface area contributed by atoms with Crippen molar-refractivity contribution in [3.63, 3.8) is 0 Å². The van der Waals surface area contributed by atoms with Crippen LogP contribution in [0, 0.1) is 0 Å². The highest BCUT2D eigenvalue weighted by atomic mass is 16.6. The number of aliphatic hydroxyl groups excluding tert-OH is 1. The van der Waals surface area contributed by atoms with E-state index in [0.29, 0.717) is 12.8 Å². The maximum Gasteiger partial charge on any atom is 0.306 e. The maximum atomic E-state index is 12.1. The maximum absolute atomic E-state index is 12.1. The topological polar surface area (TPSA) is 72.8 Å². The number of hydrogen-bond donors (Lipinski definition) is 1. The average molecular weight is 687 g/mol. The molecule has 0 aromatic carbocycles. The van der Waals surface area contributed by atoms with Crippen LogP contribution in [0.5, 0.6) is 0 Å². The van der Waals surface area contributed by atoms with E-state index in [1.807, 2.05) is 12.2 Å². The van der Waals surface area contributed by atoms with E-state index in [4.69, 9.17) is 9.47 Å². The molecule has 5 nitrogen and oxygen atoms in total. The van der Waals surface area contributed by atoms with Crippen LogP contribution in [0.1, 0.15) is 117 Å². The third-order valence-electron chi connectivity index (χ3n) is 6.95. The van der Waals surface area contributed by atoms with E-state index < -0.39 is 12.1 Å². The lowest BCUT2D eigenvalue weighted by Gasteiger charge is -2.15. The van der Waals surface area contributed by atoms with Gasteiger partial charge in [-0.3, -0.25) is 9.59 Å². The van der Waals surface area contributed by atoms with Crippen LogP contribution < -0.4 is 0 Å². The van der Waals surface area contributed by atoms with Crippen molar-refractivity contribution in [2.75, 3.05) is 13.2 Å². The molecular weight excluding hydrogens is 620 g/mol. The van der Waals surface area contributed by atoms with E-state index in [1.54, 1.807) is 0 Å². The van der Waals surface area contributed by atoms with Gasteiger partial charge in [-0.1, -0.05) is 148 Å². The molecule has 0 heterocycles. The molecule has 0 saturated carbocycles. The van der Waals surface area contributed by atoms with Crippen LogP contribution in [-0.2, 0) is 19.1 Å². The van der Waals surface area contributed by atoms with Gasteiger partial charge in [-0.15, -0.1) is 0 Å². The minimum absolute atomic E-state index is 0.139. The third-order valence-corrected chi connectivity index (χ3v) is 6.95. The first-order valence-corrected chi connectivity index (χ1v) is 18.7. The van der Waals surface area contributed by atoms with Crippen molar-refractivity contribution in [3.05, 3.63) is 134 Å². The zero-order valence-corrected chi connectivity index (χ0v) is 31.1. The van der Waals surface area contributed by atoms with Crippen LogP contribution in [0.3, 0.4) is 0 Å². The molecule has 0 rings (SSSR count). The van der Waals surface area contributed by atoms with Crippen LogP contribution in [0.4, 0.5) is 0 Å². The second kappa shape index (κ2) is 39.5. The van der Waals surface area contributed by atoms with Gasteiger partial charge in [0, 0.05) is 12.8 Å². The molecule has 1 unspecified atom stereocenters. The van der Waals surface area contributed by atoms with Crippen LogP contribution in [-0.4, -0.2) is 36.4 Å². The summed E-state index contributed by atoms with van der Waals surface area (Å²) in [7, 11) is 0. The molecule has 0 amide bonds. The number of carbonyl (C=O) groups excluding carboxylic acids is 2. The number of ether oxygens (including phenoxy) is 2. The Bertz CT molecular complexity index is 1140. The first kappa shape index (κ1) is 46.0. The molecular formula is C45H66O5. The summed E-state index contributed by atoms with van der Waals surface area (Å²) in [6, 6.07) is 0. The molecule has 1 atom stereocenters. The normalized spacial score (nSPS) is 13.7. The van der Waals surface area contributed by atoms with Gasteiger partial charge in [0.1, 0.15) is 6.61 Å². The zero-order valence-electron chi connectivity index (χ0n) is 31.1. The van der Waals surface area contributed by atoms with Gasteiger partial charge in [0.25, 0.3) is 0 Å². The van der Waals surface area contributed by atoms with Crippen LogP contribution in [0.15, 0.2) is 134 Å². The van der Waals surface area contributed by atoms with E-state index >= 15 is 0 Å². The number of aliphatic hydroxyl groups is 1. The van der Waals surface area contributed by atoms with Gasteiger partial charge >= 0.3 is 11.9 Å². The molecule has 0 fully saturated rings. The third kappa shape index (κ3) is 36.9. The highest BCUT2D eigenvalue weighted by molar-refractivity contribution is 5.70. The SMILES string of the molecule is CCC=CCC=CCC=CCC=CCC=CCC=CCCC(=O)OCC(CO)OC(=O)CCCC=CCC=CCC=CCC=CCC=CCC. The molecule has 276 valence electrons. The first-order chi connectivity index (χ1) is 24.6. The van der Waals surface area contributed by atoms with Crippen molar-refractivity contribution in [1.82, 2.24) is 0 Å². The fourth-order valence-electron chi connectivity index (χ4n) is 4.20. The molecule has 0 aromatic heterocycles. The molecule has 1 N–H and O–H groups in total. The Labute approximate surface area is 305 Å². The molecule has 0 aromatic rings.